The molecule has 2 atom stereocenters. The molecule has 0 N–H and O–H groups in total. The van der Waals surface area contributed by atoms with Crippen LogP contribution in [0.3, 0.4) is 0 Å². The highest BCUT2D eigenvalue weighted by molar-refractivity contribution is 9.10. The van der Waals surface area contributed by atoms with E-state index in [1.165, 1.54) is 12.0 Å². The molecule has 3 aromatic carbocycles. The van der Waals surface area contributed by atoms with E-state index in [2.05, 4.69) is 31.9 Å². The summed E-state index contributed by atoms with van der Waals surface area (Å²) in [6, 6.07) is 21.0. The number of imide groups is 1. The smallest absolute Gasteiger partial charge is 0.240 e. The average molecular weight is 574 g/mol. The molecule has 2 amide bonds. The van der Waals surface area contributed by atoms with E-state index in [4.69, 9.17) is 16.3 Å². The first-order chi connectivity index (χ1) is 15.3. The third-order valence-electron chi connectivity index (χ3n) is 6.97. The first-order valence-corrected chi connectivity index (χ1v) is 12.1. The second-order valence-corrected chi connectivity index (χ2v) is 11.2. The number of anilines is 1. The molecule has 32 heavy (non-hydrogen) atoms. The number of halogens is 3. The van der Waals surface area contributed by atoms with Crippen molar-refractivity contribution in [2.75, 3.05) is 12.0 Å². The first-order valence-electron chi connectivity index (χ1n) is 10.1. The largest absolute Gasteiger partial charge is 0.495 e. The minimum Gasteiger partial charge on any atom is -0.495 e. The van der Waals surface area contributed by atoms with Gasteiger partial charge < -0.3 is 4.74 Å². The van der Waals surface area contributed by atoms with Gasteiger partial charge in [-0.2, -0.15) is 0 Å². The number of methoxy groups -OCH3 is 1. The molecule has 1 saturated heterocycles. The van der Waals surface area contributed by atoms with Gasteiger partial charge in [0.15, 0.2) is 0 Å². The molecular weight excluding hydrogens is 558 g/mol. The Morgan fingerprint density at radius 2 is 1.25 bits per heavy atom. The van der Waals surface area contributed by atoms with E-state index >= 15 is 0 Å². The molecule has 2 bridgehead atoms. The normalized spacial score (nSPS) is 29.6. The number of rotatable bonds is 2. The zero-order valence-electron chi connectivity index (χ0n) is 16.8. The molecule has 0 radical (unpaired) electrons. The zero-order chi connectivity index (χ0) is 22.4. The van der Waals surface area contributed by atoms with Gasteiger partial charge in [0.1, 0.15) is 5.75 Å². The van der Waals surface area contributed by atoms with Gasteiger partial charge >= 0.3 is 0 Å². The Labute approximate surface area is 206 Å². The van der Waals surface area contributed by atoms with Gasteiger partial charge in [-0.15, -0.1) is 0 Å². The van der Waals surface area contributed by atoms with Crippen molar-refractivity contribution in [2.45, 2.75) is 8.65 Å². The van der Waals surface area contributed by atoms with Crippen LogP contribution in [0.5, 0.6) is 5.75 Å². The standard InChI is InChI=1S/C25H16Br2ClNO3/c1-32-19-11-10-13(28)12-18(19)29-22(30)20-21(23(29)31)25(27)15-7-3-2-6-14(15)24(20,26)16-8-4-5-9-17(16)25/h2-12,20-21H,1H3/t20-,21-,24?,25?/m0/s1. The van der Waals surface area contributed by atoms with Crippen molar-refractivity contribution >= 4 is 61.0 Å². The van der Waals surface area contributed by atoms with Crippen LogP contribution in [0.15, 0.2) is 66.7 Å². The summed E-state index contributed by atoms with van der Waals surface area (Å²) < 4.78 is 3.83. The Morgan fingerprint density at radius 1 is 0.812 bits per heavy atom. The average Bonchev–Trinajstić information content (AvgIpc) is 3.08. The highest BCUT2D eigenvalue weighted by Crippen LogP contribution is 2.71. The predicted octanol–water partition coefficient (Wildman–Crippen LogP) is 5.76. The van der Waals surface area contributed by atoms with Gasteiger partial charge in [-0.25, -0.2) is 4.90 Å². The molecular formula is C25H16Br2ClNO3. The van der Waals surface area contributed by atoms with E-state index in [0.717, 1.165) is 22.3 Å². The molecule has 4 nitrogen and oxygen atoms in total. The van der Waals surface area contributed by atoms with Crippen LogP contribution in [0.4, 0.5) is 5.69 Å². The minimum absolute atomic E-state index is 0.273. The van der Waals surface area contributed by atoms with Crippen LogP contribution >= 0.6 is 43.5 Å². The van der Waals surface area contributed by atoms with Crippen molar-refractivity contribution in [3.8, 4) is 5.75 Å². The van der Waals surface area contributed by atoms with Crippen molar-refractivity contribution in [3.05, 3.63) is 94.0 Å². The van der Waals surface area contributed by atoms with Crippen molar-refractivity contribution in [2.24, 2.45) is 11.8 Å². The van der Waals surface area contributed by atoms with E-state index in [9.17, 15) is 9.59 Å². The Hall–Kier alpha value is -2.15. The van der Waals surface area contributed by atoms with Crippen molar-refractivity contribution < 1.29 is 14.3 Å². The van der Waals surface area contributed by atoms with Gasteiger partial charge in [-0.1, -0.05) is 92.0 Å². The van der Waals surface area contributed by atoms with Crippen molar-refractivity contribution in [1.82, 2.24) is 0 Å². The Morgan fingerprint density at radius 3 is 1.66 bits per heavy atom. The molecule has 4 aliphatic rings. The third kappa shape index (κ3) is 2.23. The fourth-order valence-electron chi connectivity index (χ4n) is 5.74. The Bertz CT molecular complexity index is 1220. The van der Waals surface area contributed by atoms with Crippen LogP contribution in [0.1, 0.15) is 22.3 Å². The molecule has 3 aromatic rings. The predicted molar refractivity (Wildman–Crippen MR) is 130 cm³/mol. The molecule has 3 aliphatic carbocycles. The summed E-state index contributed by atoms with van der Waals surface area (Å²) in [4.78, 5) is 29.3. The molecule has 0 unspecified atom stereocenters. The molecule has 0 saturated carbocycles. The number of hydrogen-bond donors (Lipinski definition) is 0. The summed E-state index contributed by atoms with van der Waals surface area (Å²) in [6.45, 7) is 0. The van der Waals surface area contributed by atoms with Gasteiger partial charge in [0.2, 0.25) is 11.8 Å². The summed E-state index contributed by atoms with van der Waals surface area (Å²) >= 11 is 14.3. The topological polar surface area (TPSA) is 46.6 Å². The number of amides is 2. The number of ether oxygens (including phenoxy) is 1. The fourth-order valence-corrected chi connectivity index (χ4v) is 8.21. The van der Waals surface area contributed by atoms with Crippen LogP contribution in [-0.2, 0) is 18.2 Å². The molecule has 160 valence electrons. The van der Waals surface area contributed by atoms with E-state index in [-0.39, 0.29) is 11.8 Å². The lowest BCUT2D eigenvalue weighted by Gasteiger charge is -2.55. The zero-order valence-corrected chi connectivity index (χ0v) is 20.7. The van der Waals surface area contributed by atoms with Crippen LogP contribution in [0.25, 0.3) is 0 Å². The maximum atomic E-state index is 14.0. The lowest BCUT2D eigenvalue weighted by atomic mass is 9.54. The van der Waals surface area contributed by atoms with Crippen molar-refractivity contribution in [3.63, 3.8) is 0 Å². The van der Waals surface area contributed by atoms with Gasteiger partial charge in [0.25, 0.3) is 0 Å². The monoisotopic (exact) mass is 571 g/mol. The Kier molecular flexibility index (Phi) is 4.27. The van der Waals surface area contributed by atoms with E-state index in [1.807, 2.05) is 48.5 Å². The van der Waals surface area contributed by atoms with Crippen LogP contribution in [-0.4, -0.2) is 18.9 Å². The first kappa shape index (κ1) is 20.5. The second kappa shape index (κ2) is 6.69. The SMILES string of the molecule is COc1ccc(Cl)cc1N1C(=O)[C@@H]2[C@@H](C1=O)C1(Br)c3ccccc3C2(Br)c2ccccc21. The molecule has 0 aromatic heterocycles. The lowest BCUT2D eigenvalue weighted by molar-refractivity contribution is -0.122. The second-order valence-electron chi connectivity index (χ2n) is 8.30. The molecule has 1 aliphatic heterocycles. The number of benzene rings is 3. The highest BCUT2D eigenvalue weighted by atomic mass is 79.9. The number of hydrogen-bond acceptors (Lipinski definition) is 3. The summed E-state index contributed by atoms with van der Waals surface area (Å²) in [5.74, 6) is -1.40. The number of alkyl halides is 2. The van der Waals surface area contributed by atoms with Crippen LogP contribution in [0, 0.1) is 11.8 Å². The molecule has 7 rings (SSSR count). The van der Waals surface area contributed by atoms with E-state index in [1.54, 1.807) is 18.2 Å². The number of carbonyl (C=O) groups excluding carboxylic acids is 2. The summed E-state index contributed by atoms with van der Waals surface area (Å²) in [5.41, 5.74) is 4.36. The summed E-state index contributed by atoms with van der Waals surface area (Å²) in [7, 11) is 1.51. The van der Waals surface area contributed by atoms with E-state index < -0.39 is 20.5 Å². The summed E-state index contributed by atoms with van der Waals surface area (Å²) in [6.07, 6.45) is 0. The van der Waals surface area contributed by atoms with Gasteiger partial charge in [0, 0.05) is 5.02 Å². The maximum Gasteiger partial charge on any atom is 0.240 e. The quantitative estimate of drug-likeness (QED) is 0.290. The lowest BCUT2D eigenvalue weighted by Crippen LogP contribution is -2.56. The molecule has 0 spiro atoms. The maximum absolute atomic E-state index is 14.0. The van der Waals surface area contributed by atoms with Gasteiger partial charge in [-0.3, -0.25) is 9.59 Å². The third-order valence-corrected chi connectivity index (χ3v) is 9.90. The van der Waals surface area contributed by atoms with Gasteiger partial charge in [0.05, 0.1) is 33.3 Å². The van der Waals surface area contributed by atoms with E-state index in [0.29, 0.717) is 16.5 Å². The Balaban J connectivity index is 1.66. The fraction of sp³-hybridized carbons (Fsp3) is 0.200. The van der Waals surface area contributed by atoms with Crippen LogP contribution in [0.2, 0.25) is 5.02 Å². The summed E-state index contributed by atoms with van der Waals surface area (Å²) in [5, 5.41) is 0.424. The molecule has 1 heterocycles. The minimum atomic E-state index is -0.826. The van der Waals surface area contributed by atoms with Gasteiger partial charge in [-0.05, 0) is 40.5 Å². The van der Waals surface area contributed by atoms with Crippen LogP contribution < -0.4 is 9.64 Å². The molecule has 1 fully saturated rings. The highest BCUT2D eigenvalue weighted by Gasteiger charge is 2.72. The van der Waals surface area contributed by atoms with Crippen molar-refractivity contribution in [1.29, 1.82) is 0 Å². The molecule has 7 heteroatoms. The number of carbonyl (C=O) groups is 2. The number of nitrogens with zero attached hydrogens (tertiary/aromatic N) is 1.